The Labute approximate surface area is 117 Å². The van der Waals surface area contributed by atoms with Crippen molar-refractivity contribution >= 4 is 11.9 Å². The molecule has 1 aliphatic heterocycles. The summed E-state index contributed by atoms with van der Waals surface area (Å²) in [5.41, 5.74) is 0. The maximum Gasteiger partial charge on any atom is 0.303 e. The molecule has 2 unspecified atom stereocenters. The lowest BCUT2D eigenvalue weighted by molar-refractivity contribution is -0.137. The summed E-state index contributed by atoms with van der Waals surface area (Å²) in [5.74, 6) is -0.847. The number of nitrogens with one attached hydrogen (secondary N) is 1. The van der Waals surface area contributed by atoms with Crippen molar-refractivity contribution in [3.63, 3.8) is 0 Å². The van der Waals surface area contributed by atoms with E-state index in [1.54, 1.807) is 11.8 Å². The summed E-state index contributed by atoms with van der Waals surface area (Å²) in [7, 11) is 0. The molecule has 0 aromatic carbocycles. The average Bonchev–Trinajstić information content (AvgIpc) is 2.41. The number of nitrogens with zero attached hydrogens (tertiary/aromatic N) is 1. The number of carboxylic acid groups (broad SMARTS) is 1. The smallest absolute Gasteiger partial charge is 0.303 e. The van der Waals surface area contributed by atoms with Crippen LogP contribution < -0.4 is 5.32 Å². The summed E-state index contributed by atoms with van der Waals surface area (Å²) in [6.07, 6.45) is -0.915. The van der Waals surface area contributed by atoms with Crippen LogP contribution in [-0.4, -0.2) is 54.0 Å². The highest BCUT2D eigenvalue weighted by Crippen LogP contribution is 2.22. The maximum atomic E-state index is 12.2. The van der Waals surface area contributed by atoms with E-state index in [0.29, 0.717) is 32.4 Å². The molecule has 0 aliphatic carbocycles. The van der Waals surface area contributed by atoms with Crippen LogP contribution in [0.2, 0.25) is 0 Å². The monoisotopic (exact) mass is 292 g/mol. The van der Waals surface area contributed by atoms with Crippen molar-refractivity contribution in [1.82, 2.24) is 10.2 Å². The van der Waals surface area contributed by atoms with E-state index in [0.717, 1.165) is 0 Å². The van der Waals surface area contributed by atoms with Crippen LogP contribution in [0.15, 0.2) is 0 Å². The Balaban J connectivity index is 2.57. The Morgan fingerprint density at radius 1 is 1.40 bits per heavy atom. The number of carbonyl (C=O) groups excluding carboxylic acids is 1. The van der Waals surface area contributed by atoms with Gasteiger partial charge in [-0.25, -0.2) is 8.78 Å². The molecule has 5 nitrogen and oxygen atoms in total. The van der Waals surface area contributed by atoms with Gasteiger partial charge in [0.1, 0.15) is 0 Å². The van der Waals surface area contributed by atoms with E-state index in [1.165, 1.54) is 0 Å². The Bertz CT molecular complexity index is 340. The number of hydrogen-bond acceptors (Lipinski definition) is 3. The quantitative estimate of drug-likeness (QED) is 0.743. The summed E-state index contributed by atoms with van der Waals surface area (Å²) < 4.78 is 24.5. The van der Waals surface area contributed by atoms with Gasteiger partial charge in [0.2, 0.25) is 5.91 Å². The molecule has 1 heterocycles. The van der Waals surface area contributed by atoms with E-state index in [2.05, 4.69) is 5.32 Å². The molecule has 0 saturated carbocycles. The van der Waals surface area contributed by atoms with Crippen LogP contribution in [0, 0.1) is 5.92 Å². The first-order valence-electron chi connectivity index (χ1n) is 6.93. The first-order valence-corrected chi connectivity index (χ1v) is 6.93. The predicted octanol–water partition coefficient (Wildman–Crippen LogP) is 1.33. The van der Waals surface area contributed by atoms with Crippen LogP contribution >= 0.6 is 0 Å². The summed E-state index contributed by atoms with van der Waals surface area (Å²) in [6.45, 7) is 2.30. The van der Waals surface area contributed by atoms with E-state index in [9.17, 15) is 18.4 Å². The SMILES string of the molecule is CCC(=O)N1CC(CCC(=O)O)CC(NCC(F)F)C1. The fraction of sp³-hybridized carbons (Fsp3) is 0.846. The van der Waals surface area contributed by atoms with Crippen molar-refractivity contribution in [1.29, 1.82) is 0 Å². The van der Waals surface area contributed by atoms with E-state index >= 15 is 0 Å². The Kier molecular flexibility index (Phi) is 6.84. The normalized spacial score (nSPS) is 23.1. The molecule has 0 aromatic heterocycles. The molecule has 1 rings (SSSR count). The molecular weight excluding hydrogens is 270 g/mol. The summed E-state index contributed by atoms with van der Waals surface area (Å²) in [4.78, 5) is 24.0. The number of amides is 1. The Morgan fingerprint density at radius 3 is 2.65 bits per heavy atom. The molecule has 0 aromatic rings. The topological polar surface area (TPSA) is 69.6 Å². The Morgan fingerprint density at radius 2 is 2.10 bits per heavy atom. The van der Waals surface area contributed by atoms with Gasteiger partial charge in [0.25, 0.3) is 6.43 Å². The third-order valence-electron chi connectivity index (χ3n) is 3.52. The predicted molar refractivity (Wildman–Crippen MR) is 69.6 cm³/mol. The van der Waals surface area contributed by atoms with Gasteiger partial charge in [0, 0.05) is 32.0 Å². The number of hydrogen-bond donors (Lipinski definition) is 2. The second-order valence-electron chi connectivity index (χ2n) is 5.18. The fourth-order valence-electron chi connectivity index (χ4n) is 2.57. The molecule has 1 saturated heterocycles. The third kappa shape index (κ3) is 5.81. The fourth-order valence-corrected chi connectivity index (χ4v) is 2.57. The van der Waals surface area contributed by atoms with Gasteiger partial charge in [-0.2, -0.15) is 0 Å². The van der Waals surface area contributed by atoms with Gasteiger partial charge in [-0.05, 0) is 18.8 Å². The van der Waals surface area contributed by atoms with Gasteiger partial charge in [-0.1, -0.05) is 6.92 Å². The highest BCUT2D eigenvalue weighted by Gasteiger charge is 2.29. The largest absolute Gasteiger partial charge is 0.481 e. The van der Waals surface area contributed by atoms with E-state index in [4.69, 9.17) is 5.11 Å². The van der Waals surface area contributed by atoms with Gasteiger partial charge in [0.05, 0.1) is 6.54 Å². The molecule has 116 valence electrons. The molecule has 1 aliphatic rings. The van der Waals surface area contributed by atoms with Crippen molar-refractivity contribution in [2.24, 2.45) is 5.92 Å². The lowest BCUT2D eigenvalue weighted by atomic mass is 9.90. The third-order valence-corrected chi connectivity index (χ3v) is 3.52. The van der Waals surface area contributed by atoms with Crippen LogP contribution in [0.1, 0.15) is 32.6 Å². The van der Waals surface area contributed by atoms with E-state index < -0.39 is 18.9 Å². The molecule has 1 fully saturated rings. The second-order valence-corrected chi connectivity index (χ2v) is 5.18. The number of rotatable bonds is 7. The molecule has 2 N–H and O–H groups in total. The zero-order valence-corrected chi connectivity index (χ0v) is 11.6. The van der Waals surface area contributed by atoms with Crippen LogP contribution in [0.5, 0.6) is 0 Å². The molecule has 0 spiro atoms. The van der Waals surface area contributed by atoms with Gasteiger partial charge >= 0.3 is 5.97 Å². The van der Waals surface area contributed by atoms with E-state index in [1.807, 2.05) is 0 Å². The van der Waals surface area contributed by atoms with Crippen molar-refractivity contribution in [3.8, 4) is 0 Å². The molecule has 1 amide bonds. The van der Waals surface area contributed by atoms with Gasteiger partial charge in [-0.3, -0.25) is 9.59 Å². The van der Waals surface area contributed by atoms with Crippen molar-refractivity contribution < 1.29 is 23.5 Å². The number of aliphatic carboxylic acids is 1. The van der Waals surface area contributed by atoms with Crippen LogP contribution in [-0.2, 0) is 9.59 Å². The minimum Gasteiger partial charge on any atom is -0.481 e. The summed E-state index contributed by atoms with van der Waals surface area (Å²) >= 11 is 0. The van der Waals surface area contributed by atoms with Crippen molar-refractivity contribution in [3.05, 3.63) is 0 Å². The molecule has 2 atom stereocenters. The number of likely N-dealkylation sites (tertiary alicyclic amines) is 1. The summed E-state index contributed by atoms with van der Waals surface area (Å²) in [6, 6.07) is -0.188. The van der Waals surface area contributed by atoms with Crippen LogP contribution in [0.25, 0.3) is 0 Å². The first-order chi connectivity index (χ1) is 9.42. The molecule has 7 heteroatoms. The number of carboxylic acids is 1. The number of piperidine rings is 1. The minimum absolute atomic E-state index is 0.0196. The molecule has 0 radical (unpaired) electrons. The zero-order chi connectivity index (χ0) is 15.1. The lowest BCUT2D eigenvalue weighted by Crippen LogP contribution is -2.52. The van der Waals surface area contributed by atoms with Gasteiger partial charge < -0.3 is 15.3 Å². The zero-order valence-electron chi connectivity index (χ0n) is 11.6. The lowest BCUT2D eigenvalue weighted by Gasteiger charge is -2.38. The highest BCUT2D eigenvalue weighted by atomic mass is 19.3. The molecule has 20 heavy (non-hydrogen) atoms. The molecule has 0 bridgehead atoms. The van der Waals surface area contributed by atoms with E-state index in [-0.39, 0.29) is 24.3 Å². The van der Waals surface area contributed by atoms with Crippen LogP contribution in [0.4, 0.5) is 8.78 Å². The van der Waals surface area contributed by atoms with Crippen LogP contribution in [0.3, 0.4) is 0 Å². The average molecular weight is 292 g/mol. The van der Waals surface area contributed by atoms with Crippen molar-refractivity contribution in [2.45, 2.75) is 45.1 Å². The maximum absolute atomic E-state index is 12.2. The number of alkyl halides is 2. The number of halogens is 2. The highest BCUT2D eigenvalue weighted by molar-refractivity contribution is 5.76. The van der Waals surface area contributed by atoms with Gasteiger partial charge in [-0.15, -0.1) is 0 Å². The standard InChI is InChI=1S/C13H22F2N2O3/c1-2-12(18)17-7-9(3-4-13(19)20)5-10(8-17)16-6-11(14)15/h9-11,16H,2-8H2,1H3,(H,19,20). The Hall–Kier alpha value is -1.24. The minimum atomic E-state index is -2.43. The number of carbonyl (C=O) groups is 2. The first kappa shape index (κ1) is 16.8. The molecular formula is C13H22F2N2O3. The van der Waals surface area contributed by atoms with Crippen molar-refractivity contribution in [2.75, 3.05) is 19.6 Å². The summed E-state index contributed by atoms with van der Waals surface area (Å²) in [5, 5.41) is 11.5. The second kappa shape index (κ2) is 8.14. The van der Waals surface area contributed by atoms with Gasteiger partial charge in [0.15, 0.2) is 0 Å².